The van der Waals surface area contributed by atoms with Crippen molar-refractivity contribution in [3.8, 4) is 34.3 Å². The number of alkyl halides is 3. The van der Waals surface area contributed by atoms with Crippen LogP contribution < -0.4 is 9.47 Å². The third-order valence-electron chi connectivity index (χ3n) is 6.00. The van der Waals surface area contributed by atoms with Gasteiger partial charge in [0, 0.05) is 12.0 Å². The molecule has 0 radical (unpaired) electrons. The topological polar surface area (TPSA) is 79.1 Å². The maximum Gasteiger partial charge on any atom is 0.416 e. The second-order valence-electron chi connectivity index (χ2n) is 9.08. The number of esters is 1. The predicted molar refractivity (Wildman–Crippen MR) is 146 cm³/mol. The zero-order chi connectivity index (χ0) is 29.0. The van der Waals surface area contributed by atoms with Gasteiger partial charge < -0.3 is 9.47 Å². The number of benzene rings is 3. The van der Waals surface area contributed by atoms with Crippen LogP contribution in [0.2, 0.25) is 5.15 Å². The fourth-order valence-corrected chi connectivity index (χ4v) is 4.02. The van der Waals surface area contributed by atoms with Gasteiger partial charge in [-0.3, -0.25) is 4.79 Å². The molecule has 0 spiro atoms. The van der Waals surface area contributed by atoms with E-state index in [9.17, 15) is 18.0 Å². The average Bonchev–Trinajstić information content (AvgIpc) is 3.38. The molecule has 2 aromatic heterocycles. The molecule has 41 heavy (non-hydrogen) atoms. The summed E-state index contributed by atoms with van der Waals surface area (Å²) < 4.78 is 50.9. The summed E-state index contributed by atoms with van der Waals surface area (Å²) in [5, 5.41) is 12.9. The first-order valence-corrected chi connectivity index (χ1v) is 12.8. The Hall–Kier alpha value is -4.70. The van der Waals surface area contributed by atoms with Gasteiger partial charge in [0.15, 0.2) is 11.0 Å². The van der Waals surface area contributed by atoms with Crippen LogP contribution in [0.4, 0.5) is 13.2 Å². The lowest BCUT2D eigenvalue weighted by Crippen LogP contribution is -2.09. The molecule has 2 heterocycles. The summed E-state index contributed by atoms with van der Waals surface area (Å²) >= 11 is 5.90. The van der Waals surface area contributed by atoms with Crippen LogP contribution >= 0.6 is 11.6 Å². The van der Waals surface area contributed by atoms with Crippen molar-refractivity contribution < 1.29 is 27.4 Å². The van der Waals surface area contributed by atoms with Crippen LogP contribution in [0.15, 0.2) is 91.0 Å². The molecule has 0 aliphatic carbocycles. The number of hydrogen-bond donors (Lipinski definition) is 0. The van der Waals surface area contributed by atoms with Gasteiger partial charge in [-0.25, -0.2) is 4.68 Å². The fourth-order valence-electron chi connectivity index (χ4n) is 3.92. The molecule has 0 fully saturated rings. The Morgan fingerprint density at radius 1 is 0.854 bits per heavy atom. The van der Waals surface area contributed by atoms with E-state index >= 15 is 0 Å². The van der Waals surface area contributed by atoms with Gasteiger partial charge in [-0.2, -0.15) is 18.3 Å². The molecule has 0 amide bonds. The number of carbonyl (C=O) groups is 1. The molecule has 7 nitrogen and oxygen atoms in total. The van der Waals surface area contributed by atoms with Crippen molar-refractivity contribution in [2.45, 2.75) is 25.9 Å². The second kappa shape index (κ2) is 11.8. The normalized spacial score (nSPS) is 11.3. The first-order chi connectivity index (χ1) is 19.6. The minimum absolute atomic E-state index is 0.0699. The van der Waals surface area contributed by atoms with Crippen LogP contribution in [0.25, 0.3) is 17.1 Å². The van der Waals surface area contributed by atoms with Gasteiger partial charge in [0.05, 0.1) is 23.4 Å². The lowest BCUT2D eigenvalue weighted by Gasteiger charge is -2.09. The quantitative estimate of drug-likeness (QED) is 0.139. The molecule has 0 saturated heterocycles. The predicted octanol–water partition coefficient (Wildman–Crippen LogP) is 7.64. The Morgan fingerprint density at radius 2 is 1.49 bits per heavy atom. The number of aryl methyl sites for hydroxylation is 2. The van der Waals surface area contributed by atoms with Crippen LogP contribution in [0, 0.1) is 6.92 Å². The Labute approximate surface area is 238 Å². The zero-order valence-electron chi connectivity index (χ0n) is 21.6. The van der Waals surface area contributed by atoms with Gasteiger partial charge in [-0.05, 0) is 73.7 Å². The highest BCUT2D eigenvalue weighted by Crippen LogP contribution is 2.32. The van der Waals surface area contributed by atoms with E-state index in [1.54, 1.807) is 41.1 Å². The largest absolute Gasteiger partial charge is 0.457 e. The minimum Gasteiger partial charge on any atom is -0.457 e. The number of nitrogens with zero attached hydrogens (tertiary/aromatic N) is 4. The molecule has 0 bridgehead atoms. The van der Waals surface area contributed by atoms with Crippen LogP contribution in [-0.2, 0) is 17.4 Å². The SMILES string of the molecule is Cc1ccc(-c2cc(CCC(=O)Oc3ccc(Oc4ccc(C(F)(F)F)cc4)cc3)nn2-c2ccc(Cl)nn2)cc1. The first-order valence-electron chi connectivity index (χ1n) is 12.5. The summed E-state index contributed by atoms with van der Waals surface area (Å²) in [4.78, 5) is 12.6. The van der Waals surface area contributed by atoms with E-state index in [1.165, 1.54) is 12.1 Å². The molecule has 0 N–H and O–H groups in total. The van der Waals surface area contributed by atoms with Crippen LogP contribution in [0.3, 0.4) is 0 Å². The van der Waals surface area contributed by atoms with Crippen molar-refractivity contribution in [3.63, 3.8) is 0 Å². The summed E-state index contributed by atoms with van der Waals surface area (Å²) in [6, 6.07) is 23.8. The van der Waals surface area contributed by atoms with Crippen molar-refractivity contribution in [3.05, 3.63) is 113 Å². The molecule has 0 aliphatic heterocycles. The Morgan fingerprint density at radius 3 is 2.10 bits per heavy atom. The van der Waals surface area contributed by atoms with E-state index in [-0.39, 0.29) is 17.3 Å². The van der Waals surface area contributed by atoms with Crippen molar-refractivity contribution in [2.75, 3.05) is 0 Å². The Kier molecular flexibility index (Phi) is 8.02. The molecule has 0 saturated carbocycles. The molecule has 0 unspecified atom stereocenters. The summed E-state index contributed by atoms with van der Waals surface area (Å²) in [6.45, 7) is 2.00. The minimum atomic E-state index is -4.42. The van der Waals surface area contributed by atoms with Gasteiger partial charge >= 0.3 is 12.1 Å². The number of rotatable bonds is 8. The molecule has 208 valence electrons. The fraction of sp³-hybridized carbons (Fsp3) is 0.133. The highest BCUT2D eigenvalue weighted by atomic mass is 35.5. The van der Waals surface area contributed by atoms with E-state index in [0.29, 0.717) is 29.4 Å². The van der Waals surface area contributed by atoms with Gasteiger partial charge in [-0.15, -0.1) is 10.2 Å². The number of halogens is 4. The highest BCUT2D eigenvalue weighted by molar-refractivity contribution is 6.29. The van der Waals surface area contributed by atoms with Crippen LogP contribution in [-0.4, -0.2) is 25.9 Å². The first kappa shape index (κ1) is 27.9. The van der Waals surface area contributed by atoms with E-state index < -0.39 is 17.7 Å². The summed E-state index contributed by atoms with van der Waals surface area (Å²) in [5.41, 5.74) is 2.73. The summed E-state index contributed by atoms with van der Waals surface area (Å²) in [5.74, 6) is 0.953. The number of ether oxygens (including phenoxy) is 2. The van der Waals surface area contributed by atoms with Gasteiger partial charge in [-0.1, -0.05) is 41.4 Å². The smallest absolute Gasteiger partial charge is 0.416 e. The maximum atomic E-state index is 12.7. The molecular formula is C30H22ClF3N4O3. The molecule has 0 atom stereocenters. The lowest BCUT2D eigenvalue weighted by molar-refractivity contribution is -0.137. The lowest BCUT2D eigenvalue weighted by atomic mass is 10.1. The molecule has 5 aromatic rings. The van der Waals surface area contributed by atoms with E-state index in [0.717, 1.165) is 29.0 Å². The third kappa shape index (κ3) is 7.09. The van der Waals surface area contributed by atoms with Crippen LogP contribution in [0.1, 0.15) is 23.2 Å². The van der Waals surface area contributed by atoms with Gasteiger partial charge in [0.1, 0.15) is 17.2 Å². The Bertz CT molecular complexity index is 1570. The third-order valence-corrected chi connectivity index (χ3v) is 6.20. The Balaban J connectivity index is 1.22. The van der Waals surface area contributed by atoms with Crippen molar-refractivity contribution >= 4 is 17.6 Å². The van der Waals surface area contributed by atoms with Crippen molar-refractivity contribution in [2.24, 2.45) is 0 Å². The average molecular weight is 579 g/mol. The van der Waals surface area contributed by atoms with E-state index in [1.807, 2.05) is 37.3 Å². The molecule has 3 aromatic carbocycles. The van der Waals surface area contributed by atoms with Crippen LogP contribution in [0.5, 0.6) is 17.2 Å². The molecule has 0 aliphatic rings. The van der Waals surface area contributed by atoms with Crippen molar-refractivity contribution in [1.82, 2.24) is 20.0 Å². The second-order valence-corrected chi connectivity index (χ2v) is 9.47. The zero-order valence-corrected chi connectivity index (χ0v) is 22.4. The molecular weight excluding hydrogens is 557 g/mol. The monoisotopic (exact) mass is 578 g/mol. The van der Waals surface area contributed by atoms with Gasteiger partial charge in [0.2, 0.25) is 0 Å². The van der Waals surface area contributed by atoms with E-state index in [2.05, 4.69) is 15.3 Å². The summed E-state index contributed by atoms with van der Waals surface area (Å²) in [6.07, 6.45) is -4.03. The molecule has 11 heteroatoms. The van der Waals surface area contributed by atoms with Crippen molar-refractivity contribution in [1.29, 1.82) is 0 Å². The standard InChI is InChI=1S/C30H22ClF3N4O3/c1-19-2-4-20(5-3-19)26-18-22(37-38(26)28-16-15-27(31)35-36-28)8-17-29(39)41-25-13-11-24(12-14-25)40-23-9-6-21(7-10-23)30(32,33)34/h2-7,9-16,18H,8,17H2,1H3. The number of hydrogen-bond acceptors (Lipinski definition) is 6. The number of aromatic nitrogens is 4. The van der Waals surface area contributed by atoms with E-state index in [4.69, 9.17) is 21.1 Å². The highest BCUT2D eigenvalue weighted by Gasteiger charge is 2.30. The number of carbonyl (C=O) groups excluding carboxylic acids is 1. The van der Waals surface area contributed by atoms with Gasteiger partial charge in [0.25, 0.3) is 0 Å². The summed E-state index contributed by atoms with van der Waals surface area (Å²) in [7, 11) is 0. The molecule has 5 rings (SSSR count). The maximum absolute atomic E-state index is 12.7.